The number of anilines is 2. The number of hydrogen-bond donors (Lipinski definition) is 2. The van der Waals surface area contributed by atoms with Crippen LogP contribution >= 0.6 is 0 Å². The van der Waals surface area contributed by atoms with Gasteiger partial charge in [0.15, 0.2) is 0 Å². The number of hydrogen-bond acceptors (Lipinski definition) is 6. The Morgan fingerprint density at radius 3 is 0.857 bits per heavy atom. The van der Waals surface area contributed by atoms with Gasteiger partial charge in [-0.25, -0.2) is 9.97 Å². The zero-order valence-corrected chi connectivity index (χ0v) is 33.7. The van der Waals surface area contributed by atoms with Crippen molar-refractivity contribution in [2.45, 2.75) is 7.43 Å². The predicted octanol–water partition coefficient (Wildman–Crippen LogP) is 13.8. The van der Waals surface area contributed by atoms with Crippen LogP contribution in [0.4, 0.5) is 11.4 Å². The van der Waals surface area contributed by atoms with Crippen molar-refractivity contribution in [3.8, 4) is 22.5 Å². The van der Waals surface area contributed by atoms with E-state index in [-0.39, 0.29) is 7.43 Å². The molecule has 0 saturated carbocycles. The highest BCUT2D eigenvalue weighted by atomic mass is 16.2. The van der Waals surface area contributed by atoms with E-state index in [0.717, 1.165) is 65.9 Å². The lowest BCUT2D eigenvalue weighted by Gasteiger charge is -2.14. The van der Waals surface area contributed by atoms with Crippen LogP contribution in [-0.2, 0) is 0 Å². The monoisotopic (exact) mass is 816 g/mol. The molecule has 0 amide bonds. The molecule has 0 aliphatic carbocycles. The summed E-state index contributed by atoms with van der Waals surface area (Å²) in [5, 5.41) is 9.06. The first-order valence-electron chi connectivity index (χ1n) is 20.3. The number of fused-ring (bicyclic) bond motifs is 9. The summed E-state index contributed by atoms with van der Waals surface area (Å²) in [5.41, 5.74) is 20.2. The van der Waals surface area contributed by atoms with Crippen LogP contribution in [0.3, 0.4) is 0 Å². The smallest absolute Gasteiger partial charge is 0.233 e. The molecule has 0 radical (unpaired) electrons. The largest absolute Gasteiger partial charge is 0.397 e. The molecule has 0 aliphatic rings. The van der Waals surface area contributed by atoms with E-state index in [1.165, 1.54) is 10.8 Å². The van der Waals surface area contributed by atoms with Crippen molar-refractivity contribution in [1.82, 2.24) is 9.97 Å². The summed E-state index contributed by atoms with van der Waals surface area (Å²) in [6, 6.07) is 71.0. The number of ketones is 2. The molecule has 1 heterocycles. The SMILES string of the molecule is C.Nc1c(N)c2ccccc2c2ccccc12.O=C(C(=O)c1ccccc1)c1ccccc1.c1ccc(-c2nc3c4ccccc4c4ccccc4c3nc2-c2ccccc2)cc1. The lowest BCUT2D eigenvalue weighted by atomic mass is 9.98. The zero-order valence-electron chi connectivity index (χ0n) is 33.7. The molecule has 0 spiro atoms. The summed E-state index contributed by atoms with van der Waals surface area (Å²) in [7, 11) is 0. The highest BCUT2D eigenvalue weighted by molar-refractivity contribution is 6.49. The van der Waals surface area contributed by atoms with Gasteiger partial charge in [0.25, 0.3) is 0 Å². The van der Waals surface area contributed by atoms with Gasteiger partial charge < -0.3 is 11.5 Å². The number of carbonyl (C=O) groups is 2. The number of nitrogens with two attached hydrogens (primary N) is 2. The molecule has 0 unspecified atom stereocenters. The molecule has 6 heteroatoms. The third-order valence-electron chi connectivity index (χ3n) is 10.9. The van der Waals surface area contributed by atoms with E-state index in [4.69, 9.17) is 21.4 Å². The van der Waals surface area contributed by atoms with Gasteiger partial charge in [-0.3, -0.25) is 9.59 Å². The fraction of sp³-hybridized carbons (Fsp3) is 0.0175. The molecule has 0 bridgehead atoms. The molecule has 0 saturated heterocycles. The first-order valence-corrected chi connectivity index (χ1v) is 20.3. The van der Waals surface area contributed by atoms with Gasteiger partial charge in [0.1, 0.15) is 0 Å². The Balaban J connectivity index is 0.000000140. The highest BCUT2D eigenvalue weighted by Gasteiger charge is 2.18. The molecule has 11 rings (SSSR count). The topological polar surface area (TPSA) is 112 Å². The summed E-state index contributed by atoms with van der Waals surface area (Å²) in [6.07, 6.45) is 0. The molecule has 4 N–H and O–H groups in total. The van der Waals surface area contributed by atoms with Crippen molar-refractivity contribution < 1.29 is 9.59 Å². The van der Waals surface area contributed by atoms with E-state index < -0.39 is 11.6 Å². The first-order chi connectivity index (χ1) is 30.5. The lowest BCUT2D eigenvalue weighted by Crippen LogP contribution is -2.14. The van der Waals surface area contributed by atoms with E-state index >= 15 is 0 Å². The summed E-state index contributed by atoms with van der Waals surface area (Å²) in [5.74, 6) is -0.932. The average molecular weight is 817 g/mol. The van der Waals surface area contributed by atoms with Crippen molar-refractivity contribution in [2.75, 3.05) is 11.5 Å². The van der Waals surface area contributed by atoms with Crippen LogP contribution in [0.15, 0.2) is 218 Å². The van der Waals surface area contributed by atoms with Gasteiger partial charge in [0.05, 0.1) is 33.8 Å². The maximum absolute atomic E-state index is 11.8. The van der Waals surface area contributed by atoms with Gasteiger partial charge in [0.2, 0.25) is 11.6 Å². The molecule has 0 atom stereocenters. The molecule has 304 valence electrons. The Hall–Kier alpha value is -8.48. The second-order valence-corrected chi connectivity index (χ2v) is 14.8. The van der Waals surface area contributed by atoms with Crippen LogP contribution in [0.5, 0.6) is 0 Å². The minimum Gasteiger partial charge on any atom is -0.397 e. The molecule has 63 heavy (non-hydrogen) atoms. The maximum Gasteiger partial charge on any atom is 0.233 e. The summed E-state index contributed by atoms with van der Waals surface area (Å²) in [6.45, 7) is 0. The molecular formula is C57H44N4O2. The van der Waals surface area contributed by atoms with Crippen molar-refractivity contribution in [3.63, 3.8) is 0 Å². The standard InChI is InChI=1S/C28H18N2.C14H12N2.C14H10O2.CH4/c1-3-11-19(12-4-1)25-26(20-13-5-2-6-14-20)30-28-24-18-10-8-16-22(24)21-15-7-9-17-23(21)27(28)29-25;15-13-11-7-3-1-5-9(11)10-6-2-4-8-12(10)14(13)16;15-13(11-7-3-1-4-8-11)14(16)12-9-5-2-6-10-12;/h1-18H;1-8H,15-16H2;1-10H;1H4. The average Bonchev–Trinajstić information content (AvgIpc) is 3.36. The fourth-order valence-corrected chi connectivity index (χ4v) is 7.89. The van der Waals surface area contributed by atoms with Gasteiger partial charge >= 0.3 is 0 Å². The third-order valence-corrected chi connectivity index (χ3v) is 10.9. The van der Waals surface area contributed by atoms with Crippen LogP contribution in [0, 0.1) is 0 Å². The highest BCUT2D eigenvalue weighted by Crippen LogP contribution is 2.38. The van der Waals surface area contributed by atoms with E-state index in [1.807, 2.05) is 60.7 Å². The van der Waals surface area contributed by atoms with Crippen LogP contribution in [-0.4, -0.2) is 21.5 Å². The number of Topliss-reactive ketones (excluding diaryl/α,β-unsaturated/α-hetero) is 2. The summed E-state index contributed by atoms with van der Waals surface area (Å²) in [4.78, 5) is 34.1. The normalized spacial score (nSPS) is 10.7. The van der Waals surface area contributed by atoms with E-state index in [9.17, 15) is 9.59 Å². The molecule has 10 aromatic carbocycles. The van der Waals surface area contributed by atoms with Gasteiger partial charge in [0, 0.05) is 43.8 Å². The Morgan fingerprint density at radius 2 is 0.540 bits per heavy atom. The minimum absolute atomic E-state index is 0. The number of carbonyl (C=O) groups excluding carboxylic acids is 2. The molecular weight excluding hydrogens is 773 g/mol. The molecule has 11 aromatic rings. The minimum atomic E-state index is -0.466. The number of nitrogen functional groups attached to an aromatic ring is 2. The van der Waals surface area contributed by atoms with Crippen LogP contribution in [0.1, 0.15) is 28.1 Å². The zero-order chi connectivity index (χ0) is 42.4. The van der Waals surface area contributed by atoms with Crippen LogP contribution in [0.2, 0.25) is 0 Å². The van der Waals surface area contributed by atoms with Gasteiger partial charge in [-0.2, -0.15) is 0 Å². The van der Waals surface area contributed by atoms with E-state index in [2.05, 4.69) is 109 Å². The van der Waals surface area contributed by atoms with Crippen LogP contribution in [0.25, 0.3) is 76.6 Å². The molecule has 1 aromatic heterocycles. The van der Waals surface area contributed by atoms with Crippen molar-refractivity contribution in [2.24, 2.45) is 0 Å². The number of nitrogens with zero attached hydrogens (tertiary/aromatic N) is 2. The van der Waals surface area contributed by atoms with E-state index in [1.54, 1.807) is 48.5 Å². The third kappa shape index (κ3) is 8.21. The molecule has 0 aliphatic heterocycles. The Bertz CT molecular complexity index is 3170. The van der Waals surface area contributed by atoms with Gasteiger partial charge in [-0.1, -0.05) is 226 Å². The first kappa shape index (κ1) is 41.3. The lowest BCUT2D eigenvalue weighted by molar-refractivity contribution is 0.0817. The van der Waals surface area contributed by atoms with E-state index in [0.29, 0.717) is 22.5 Å². The van der Waals surface area contributed by atoms with Gasteiger partial charge in [-0.15, -0.1) is 0 Å². The number of aromatic nitrogens is 2. The summed E-state index contributed by atoms with van der Waals surface area (Å²) >= 11 is 0. The quantitative estimate of drug-likeness (QED) is 0.0588. The maximum atomic E-state index is 11.8. The van der Waals surface area contributed by atoms with Crippen molar-refractivity contribution in [1.29, 1.82) is 0 Å². The van der Waals surface area contributed by atoms with Crippen LogP contribution < -0.4 is 11.5 Å². The number of benzene rings is 10. The predicted molar refractivity (Wildman–Crippen MR) is 264 cm³/mol. The number of rotatable bonds is 5. The molecule has 6 nitrogen and oxygen atoms in total. The van der Waals surface area contributed by atoms with Crippen molar-refractivity contribution >= 4 is 77.1 Å². The van der Waals surface area contributed by atoms with Gasteiger partial charge in [-0.05, 0) is 21.5 Å². The Kier molecular flexibility index (Phi) is 12.1. The Morgan fingerprint density at radius 1 is 0.302 bits per heavy atom. The molecule has 0 fully saturated rings. The second-order valence-electron chi connectivity index (χ2n) is 14.8. The second kappa shape index (κ2) is 18.4. The Labute approximate surface area is 366 Å². The van der Waals surface area contributed by atoms with Crippen molar-refractivity contribution in [3.05, 3.63) is 230 Å². The summed E-state index contributed by atoms with van der Waals surface area (Å²) < 4.78 is 0. The fourth-order valence-electron chi connectivity index (χ4n) is 7.89.